The van der Waals surface area contributed by atoms with Crippen molar-refractivity contribution in [2.75, 3.05) is 19.6 Å². The summed E-state index contributed by atoms with van der Waals surface area (Å²) in [4.78, 5) is 33.1. The SMILES string of the molecule is O=C(NCC(=O)N1CCCCC1)NC1CCc2nc[nH]c2C1. The van der Waals surface area contributed by atoms with Crippen LogP contribution in [0, 0.1) is 0 Å². The molecule has 7 nitrogen and oxygen atoms in total. The Balaban J connectivity index is 1.40. The second-order valence-electron chi connectivity index (χ2n) is 6.04. The van der Waals surface area contributed by atoms with Gasteiger partial charge in [0.25, 0.3) is 0 Å². The minimum absolute atomic E-state index is 0.00866. The van der Waals surface area contributed by atoms with Crippen molar-refractivity contribution >= 4 is 11.9 Å². The van der Waals surface area contributed by atoms with Gasteiger partial charge >= 0.3 is 6.03 Å². The summed E-state index contributed by atoms with van der Waals surface area (Å²) in [5, 5.41) is 5.62. The third kappa shape index (κ3) is 3.58. The van der Waals surface area contributed by atoms with Crippen LogP contribution < -0.4 is 10.6 Å². The van der Waals surface area contributed by atoms with Gasteiger partial charge in [-0.1, -0.05) is 0 Å². The van der Waals surface area contributed by atoms with Crippen LogP contribution >= 0.6 is 0 Å². The van der Waals surface area contributed by atoms with E-state index in [1.807, 2.05) is 4.90 Å². The lowest BCUT2D eigenvalue weighted by Crippen LogP contribution is -2.48. The molecule has 1 unspecified atom stereocenters. The molecule has 2 heterocycles. The van der Waals surface area contributed by atoms with Crippen molar-refractivity contribution in [1.29, 1.82) is 0 Å². The van der Waals surface area contributed by atoms with E-state index in [1.165, 1.54) is 6.42 Å². The molecule has 0 spiro atoms. The number of aromatic amines is 1. The Labute approximate surface area is 129 Å². The molecular weight excluding hydrogens is 282 g/mol. The van der Waals surface area contributed by atoms with Crippen molar-refractivity contribution in [2.24, 2.45) is 0 Å². The summed E-state index contributed by atoms with van der Waals surface area (Å²) in [6.45, 7) is 1.70. The fraction of sp³-hybridized carbons (Fsp3) is 0.667. The van der Waals surface area contributed by atoms with Crippen molar-refractivity contribution in [3.05, 3.63) is 17.7 Å². The Hall–Kier alpha value is -2.05. The molecule has 0 radical (unpaired) electrons. The number of carbonyl (C=O) groups excluding carboxylic acids is 2. The fourth-order valence-corrected chi connectivity index (χ4v) is 3.17. The molecule has 7 heteroatoms. The Bertz CT molecular complexity index is 536. The number of hydrogen-bond donors (Lipinski definition) is 3. The van der Waals surface area contributed by atoms with Crippen LogP contribution in [-0.4, -0.2) is 52.5 Å². The van der Waals surface area contributed by atoms with E-state index in [0.29, 0.717) is 0 Å². The van der Waals surface area contributed by atoms with Gasteiger partial charge < -0.3 is 20.5 Å². The maximum atomic E-state index is 12.0. The molecule has 3 N–H and O–H groups in total. The number of imidazole rings is 1. The number of urea groups is 1. The Morgan fingerprint density at radius 1 is 1.32 bits per heavy atom. The average Bonchev–Trinajstić information content (AvgIpc) is 3.01. The monoisotopic (exact) mass is 305 g/mol. The van der Waals surface area contributed by atoms with Crippen LogP contribution in [0.4, 0.5) is 4.79 Å². The second-order valence-corrected chi connectivity index (χ2v) is 6.04. The highest BCUT2D eigenvalue weighted by molar-refractivity contribution is 5.84. The minimum Gasteiger partial charge on any atom is -0.348 e. The van der Waals surface area contributed by atoms with Crippen LogP contribution in [0.1, 0.15) is 37.1 Å². The Morgan fingerprint density at radius 3 is 2.95 bits per heavy atom. The second kappa shape index (κ2) is 6.81. The van der Waals surface area contributed by atoms with Gasteiger partial charge in [0.1, 0.15) is 0 Å². The van der Waals surface area contributed by atoms with E-state index in [2.05, 4.69) is 20.6 Å². The highest BCUT2D eigenvalue weighted by Crippen LogP contribution is 2.17. The maximum Gasteiger partial charge on any atom is 0.315 e. The molecule has 1 aliphatic heterocycles. The lowest BCUT2D eigenvalue weighted by molar-refractivity contribution is -0.130. The molecule has 1 aromatic rings. The van der Waals surface area contributed by atoms with E-state index in [0.717, 1.165) is 56.6 Å². The zero-order chi connectivity index (χ0) is 15.4. The van der Waals surface area contributed by atoms with Crippen molar-refractivity contribution in [3.63, 3.8) is 0 Å². The number of hydrogen-bond acceptors (Lipinski definition) is 3. The van der Waals surface area contributed by atoms with Gasteiger partial charge in [0.2, 0.25) is 5.91 Å². The number of piperidine rings is 1. The zero-order valence-corrected chi connectivity index (χ0v) is 12.7. The number of nitrogens with one attached hydrogen (secondary N) is 3. The molecule has 0 bridgehead atoms. The first-order valence-corrected chi connectivity index (χ1v) is 8.05. The van der Waals surface area contributed by atoms with Crippen LogP contribution in [0.25, 0.3) is 0 Å². The van der Waals surface area contributed by atoms with Crippen molar-refractivity contribution in [3.8, 4) is 0 Å². The number of likely N-dealkylation sites (tertiary alicyclic amines) is 1. The van der Waals surface area contributed by atoms with E-state index in [-0.39, 0.29) is 24.5 Å². The summed E-state index contributed by atoms with van der Waals surface area (Å²) >= 11 is 0. The first-order chi connectivity index (χ1) is 10.7. The largest absolute Gasteiger partial charge is 0.348 e. The number of aromatic nitrogens is 2. The van der Waals surface area contributed by atoms with E-state index in [1.54, 1.807) is 6.33 Å². The first-order valence-electron chi connectivity index (χ1n) is 8.05. The van der Waals surface area contributed by atoms with Crippen molar-refractivity contribution in [2.45, 2.75) is 44.6 Å². The lowest BCUT2D eigenvalue weighted by atomic mass is 9.96. The highest BCUT2D eigenvalue weighted by Gasteiger charge is 2.22. The standard InChI is InChI=1S/C15H23N5O2/c21-14(20-6-2-1-3-7-20)9-16-15(22)19-11-4-5-12-13(8-11)18-10-17-12/h10-11H,1-9H2,(H,17,18)(H2,16,19,22). The van der Waals surface area contributed by atoms with E-state index < -0.39 is 0 Å². The van der Waals surface area contributed by atoms with Crippen LogP contribution in [-0.2, 0) is 17.6 Å². The van der Waals surface area contributed by atoms with Gasteiger partial charge in [-0.3, -0.25) is 4.79 Å². The molecule has 2 aliphatic rings. The Kier molecular flexibility index (Phi) is 4.60. The van der Waals surface area contributed by atoms with Gasteiger partial charge in [-0.05, 0) is 32.1 Å². The quantitative estimate of drug-likeness (QED) is 0.763. The molecule has 1 saturated heterocycles. The van der Waals surface area contributed by atoms with Crippen molar-refractivity contribution in [1.82, 2.24) is 25.5 Å². The van der Waals surface area contributed by atoms with E-state index >= 15 is 0 Å². The maximum absolute atomic E-state index is 12.0. The summed E-state index contributed by atoms with van der Waals surface area (Å²) in [6.07, 6.45) is 7.53. The summed E-state index contributed by atoms with van der Waals surface area (Å²) in [7, 11) is 0. The molecule has 1 aliphatic carbocycles. The van der Waals surface area contributed by atoms with E-state index in [9.17, 15) is 9.59 Å². The van der Waals surface area contributed by atoms with Crippen molar-refractivity contribution < 1.29 is 9.59 Å². The van der Waals surface area contributed by atoms with Gasteiger partial charge in [0.15, 0.2) is 0 Å². The summed E-state index contributed by atoms with van der Waals surface area (Å²) in [5.41, 5.74) is 2.19. The predicted octanol–water partition coefficient (Wildman–Crippen LogP) is 0.579. The van der Waals surface area contributed by atoms with E-state index in [4.69, 9.17) is 0 Å². The molecule has 0 aromatic carbocycles. The fourth-order valence-electron chi connectivity index (χ4n) is 3.17. The summed E-state index contributed by atoms with van der Waals surface area (Å²) in [6, 6.07) is -0.170. The average molecular weight is 305 g/mol. The Morgan fingerprint density at radius 2 is 2.14 bits per heavy atom. The molecule has 1 atom stereocenters. The normalized spacial score (nSPS) is 21.1. The number of carbonyl (C=O) groups is 2. The zero-order valence-electron chi connectivity index (χ0n) is 12.7. The van der Waals surface area contributed by atoms with Gasteiger partial charge in [0.05, 0.1) is 18.6 Å². The number of H-pyrrole nitrogens is 1. The molecule has 1 aromatic heterocycles. The third-order valence-corrected chi connectivity index (χ3v) is 4.43. The van der Waals surface area contributed by atoms with Gasteiger partial charge in [0, 0.05) is 31.2 Å². The molecule has 1 fully saturated rings. The topological polar surface area (TPSA) is 90.1 Å². The third-order valence-electron chi connectivity index (χ3n) is 4.43. The predicted molar refractivity (Wildman–Crippen MR) is 81.4 cm³/mol. The first kappa shape index (κ1) is 14.9. The minimum atomic E-state index is -0.265. The van der Waals surface area contributed by atoms with Gasteiger partial charge in [-0.25, -0.2) is 9.78 Å². The molecular formula is C15H23N5O2. The van der Waals surface area contributed by atoms with Crippen LogP contribution in [0.5, 0.6) is 0 Å². The molecule has 120 valence electrons. The smallest absolute Gasteiger partial charge is 0.315 e. The number of aryl methyl sites for hydroxylation is 1. The van der Waals surface area contributed by atoms with Crippen LogP contribution in [0.15, 0.2) is 6.33 Å². The number of fused-ring (bicyclic) bond motifs is 1. The van der Waals surface area contributed by atoms with Crippen LogP contribution in [0.2, 0.25) is 0 Å². The summed E-state index contributed by atoms with van der Waals surface area (Å²) < 4.78 is 0. The van der Waals surface area contributed by atoms with Gasteiger partial charge in [-0.2, -0.15) is 0 Å². The number of nitrogens with zero attached hydrogens (tertiary/aromatic N) is 2. The van der Waals surface area contributed by atoms with Gasteiger partial charge in [-0.15, -0.1) is 0 Å². The molecule has 22 heavy (non-hydrogen) atoms. The molecule has 3 rings (SSSR count). The number of amides is 3. The number of rotatable bonds is 3. The molecule has 3 amide bonds. The lowest BCUT2D eigenvalue weighted by Gasteiger charge is -2.27. The summed E-state index contributed by atoms with van der Waals surface area (Å²) in [5.74, 6) is 0.00866. The molecule has 0 saturated carbocycles. The van der Waals surface area contributed by atoms with Crippen LogP contribution in [0.3, 0.4) is 0 Å². The highest BCUT2D eigenvalue weighted by atomic mass is 16.2.